The highest BCUT2D eigenvalue weighted by Crippen LogP contribution is 2.20. The van der Waals surface area contributed by atoms with E-state index in [0.29, 0.717) is 11.6 Å². The van der Waals surface area contributed by atoms with E-state index < -0.39 is 5.60 Å². The van der Waals surface area contributed by atoms with Gasteiger partial charge in [-0.3, -0.25) is 4.57 Å². The molecule has 0 aliphatic carbocycles. The maximum absolute atomic E-state index is 9.67. The van der Waals surface area contributed by atoms with E-state index in [-0.39, 0.29) is 6.61 Å². The van der Waals surface area contributed by atoms with Crippen LogP contribution in [0.3, 0.4) is 0 Å². The van der Waals surface area contributed by atoms with Crippen molar-refractivity contribution in [1.82, 2.24) is 19.5 Å². The Hall–Kier alpha value is -2.93. The molecule has 1 aromatic carbocycles. The second-order valence-electron chi connectivity index (χ2n) is 5.98. The molecule has 2 heterocycles. The van der Waals surface area contributed by atoms with Gasteiger partial charge in [-0.2, -0.15) is 0 Å². The Balaban J connectivity index is 1.67. The number of imidazole rings is 1. The van der Waals surface area contributed by atoms with Crippen LogP contribution in [0.25, 0.3) is 5.82 Å². The van der Waals surface area contributed by atoms with Crippen molar-refractivity contribution in [2.45, 2.75) is 19.4 Å². The van der Waals surface area contributed by atoms with Gasteiger partial charge in [-0.15, -0.1) is 0 Å². The number of rotatable bonds is 6. The fourth-order valence-corrected chi connectivity index (χ4v) is 1.99. The molecular weight excluding hydrogens is 306 g/mol. The van der Waals surface area contributed by atoms with Crippen molar-refractivity contribution in [3.8, 4) is 11.6 Å². The zero-order valence-electron chi connectivity index (χ0n) is 13.5. The van der Waals surface area contributed by atoms with Gasteiger partial charge in [0.2, 0.25) is 0 Å². The summed E-state index contributed by atoms with van der Waals surface area (Å²) in [5, 5.41) is 12.9. The molecule has 0 amide bonds. The molecule has 2 aromatic heterocycles. The maximum Gasteiger partial charge on any atom is 0.143 e. The molecule has 124 valence electrons. The Morgan fingerprint density at radius 2 is 2.00 bits per heavy atom. The number of nitrogens with one attached hydrogen (secondary N) is 1. The molecule has 0 saturated carbocycles. The van der Waals surface area contributed by atoms with Crippen molar-refractivity contribution >= 4 is 11.5 Å². The second kappa shape index (κ2) is 6.67. The fraction of sp³-hybridized carbons (Fsp3) is 0.235. The van der Waals surface area contributed by atoms with Crippen LogP contribution >= 0.6 is 0 Å². The number of anilines is 2. The summed E-state index contributed by atoms with van der Waals surface area (Å²) < 4.78 is 7.34. The van der Waals surface area contributed by atoms with Crippen molar-refractivity contribution in [1.29, 1.82) is 0 Å². The van der Waals surface area contributed by atoms with E-state index in [4.69, 9.17) is 4.74 Å². The highest BCUT2D eigenvalue weighted by molar-refractivity contribution is 5.58. The standard InChI is InChI=1S/C17H19N5O2/c1-17(2,23)10-24-14-5-3-13(4-6-14)21-15-9-16(20-11-19-15)22-8-7-18-12-22/h3-9,11-12,23H,10H2,1-2H3,(H,19,20,21). The van der Waals surface area contributed by atoms with Gasteiger partial charge in [-0.1, -0.05) is 0 Å². The number of hydrogen-bond acceptors (Lipinski definition) is 6. The van der Waals surface area contributed by atoms with Crippen LogP contribution in [0.4, 0.5) is 11.5 Å². The SMILES string of the molecule is CC(C)(O)COc1ccc(Nc2cc(-n3ccnc3)ncn2)cc1. The van der Waals surface area contributed by atoms with E-state index >= 15 is 0 Å². The third-order valence-corrected chi connectivity index (χ3v) is 3.14. The number of benzene rings is 1. The zero-order chi connectivity index (χ0) is 17.0. The van der Waals surface area contributed by atoms with Crippen molar-refractivity contribution in [3.05, 3.63) is 55.4 Å². The molecular formula is C17H19N5O2. The molecule has 0 bridgehead atoms. The molecule has 0 unspecified atom stereocenters. The van der Waals surface area contributed by atoms with Gasteiger partial charge >= 0.3 is 0 Å². The second-order valence-corrected chi connectivity index (χ2v) is 5.98. The lowest BCUT2D eigenvalue weighted by molar-refractivity contribution is 0.0285. The van der Waals surface area contributed by atoms with E-state index in [2.05, 4.69) is 20.3 Å². The van der Waals surface area contributed by atoms with Gasteiger partial charge in [-0.05, 0) is 38.1 Å². The highest BCUT2D eigenvalue weighted by atomic mass is 16.5. The first-order chi connectivity index (χ1) is 11.5. The fourth-order valence-electron chi connectivity index (χ4n) is 1.99. The molecule has 3 rings (SSSR count). The van der Waals surface area contributed by atoms with Gasteiger partial charge in [0, 0.05) is 24.1 Å². The molecule has 24 heavy (non-hydrogen) atoms. The number of aromatic nitrogens is 4. The van der Waals surface area contributed by atoms with Crippen molar-refractivity contribution in [2.75, 3.05) is 11.9 Å². The topological polar surface area (TPSA) is 85.1 Å². The summed E-state index contributed by atoms with van der Waals surface area (Å²) in [6, 6.07) is 9.29. The lowest BCUT2D eigenvalue weighted by Crippen LogP contribution is -2.27. The van der Waals surface area contributed by atoms with Gasteiger partial charge < -0.3 is 15.2 Å². The largest absolute Gasteiger partial charge is 0.491 e. The lowest BCUT2D eigenvalue weighted by Gasteiger charge is -2.17. The molecule has 0 aliphatic rings. The minimum Gasteiger partial charge on any atom is -0.491 e. The summed E-state index contributed by atoms with van der Waals surface area (Å²) in [7, 11) is 0. The number of ether oxygens (including phenoxy) is 1. The normalized spacial score (nSPS) is 11.3. The third kappa shape index (κ3) is 4.30. The molecule has 0 aliphatic heterocycles. The smallest absolute Gasteiger partial charge is 0.143 e. The maximum atomic E-state index is 9.67. The summed E-state index contributed by atoms with van der Waals surface area (Å²) in [6.07, 6.45) is 6.70. The van der Waals surface area contributed by atoms with Crippen LogP contribution in [0.1, 0.15) is 13.8 Å². The zero-order valence-corrected chi connectivity index (χ0v) is 13.5. The molecule has 7 nitrogen and oxygen atoms in total. The molecule has 0 spiro atoms. The van der Waals surface area contributed by atoms with E-state index in [1.165, 1.54) is 6.33 Å². The monoisotopic (exact) mass is 325 g/mol. The average Bonchev–Trinajstić information content (AvgIpc) is 3.08. The molecule has 0 fully saturated rings. The summed E-state index contributed by atoms with van der Waals surface area (Å²) in [6.45, 7) is 3.64. The Bertz CT molecular complexity index is 779. The van der Waals surface area contributed by atoms with Crippen molar-refractivity contribution in [2.24, 2.45) is 0 Å². The first-order valence-electron chi connectivity index (χ1n) is 7.52. The van der Waals surface area contributed by atoms with Crippen LogP contribution in [0, 0.1) is 0 Å². The summed E-state index contributed by atoms with van der Waals surface area (Å²) in [4.78, 5) is 12.4. The van der Waals surface area contributed by atoms with Crippen LogP contribution in [-0.2, 0) is 0 Å². The molecule has 0 atom stereocenters. The van der Waals surface area contributed by atoms with Gasteiger partial charge in [0.1, 0.15) is 36.6 Å². The van der Waals surface area contributed by atoms with Crippen molar-refractivity contribution < 1.29 is 9.84 Å². The Kier molecular flexibility index (Phi) is 4.43. The van der Waals surface area contributed by atoms with E-state index in [1.807, 2.05) is 36.5 Å². The number of nitrogens with zero attached hydrogens (tertiary/aromatic N) is 4. The predicted molar refractivity (Wildman–Crippen MR) is 90.7 cm³/mol. The Labute approximate surface area is 140 Å². The first-order valence-corrected chi connectivity index (χ1v) is 7.52. The van der Waals surface area contributed by atoms with Gasteiger partial charge in [-0.25, -0.2) is 15.0 Å². The molecule has 7 heteroatoms. The van der Waals surface area contributed by atoms with Crippen LogP contribution in [0.5, 0.6) is 5.75 Å². The molecule has 2 N–H and O–H groups in total. The Morgan fingerprint density at radius 1 is 1.21 bits per heavy atom. The minimum absolute atomic E-state index is 0.236. The third-order valence-electron chi connectivity index (χ3n) is 3.14. The quantitative estimate of drug-likeness (QED) is 0.724. The summed E-state index contributed by atoms with van der Waals surface area (Å²) in [5.41, 5.74) is 0.0163. The molecule has 3 aromatic rings. The minimum atomic E-state index is -0.860. The predicted octanol–water partition coefficient (Wildman–Crippen LogP) is 2.56. The van der Waals surface area contributed by atoms with Crippen LogP contribution < -0.4 is 10.1 Å². The van der Waals surface area contributed by atoms with E-state index in [0.717, 1.165) is 11.5 Å². The van der Waals surface area contributed by atoms with Crippen LogP contribution in [-0.4, -0.2) is 36.8 Å². The summed E-state index contributed by atoms with van der Waals surface area (Å²) in [5.74, 6) is 2.11. The summed E-state index contributed by atoms with van der Waals surface area (Å²) >= 11 is 0. The van der Waals surface area contributed by atoms with Gasteiger partial charge in [0.25, 0.3) is 0 Å². The molecule has 0 radical (unpaired) electrons. The highest BCUT2D eigenvalue weighted by Gasteiger charge is 2.13. The Morgan fingerprint density at radius 3 is 2.67 bits per heavy atom. The van der Waals surface area contributed by atoms with Crippen molar-refractivity contribution in [3.63, 3.8) is 0 Å². The first kappa shape index (κ1) is 15.9. The average molecular weight is 325 g/mol. The number of hydrogen-bond donors (Lipinski definition) is 2. The number of aliphatic hydroxyl groups is 1. The molecule has 0 saturated heterocycles. The van der Waals surface area contributed by atoms with Gasteiger partial charge in [0.15, 0.2) is 0 Å². The van der Waals surface area contributed by atoms with Crippen LogP contribution in [0.2, 0.25) is 0 Å². The van der Waals surface area contributed by atoms with E-state index in [9.17, 15) is 5.11 Å². The van der Waals surface area contributed by atoms with E-state index in [1.54, 1.807) is 30.9 Å². The van der Waals surface area contributed by atoms with Crippen LogP contribution in [0.15, 0.2) is 55.4 Å². The van der Waals surface area contributed by atoms with Gasteiger partial charge in [0.05, 0.1) is 5.60 Å². The lowest BCUT2D eigenvalue weighted by atomic mass is 10.2.